The van der Waals surface area contributed by atoms with Gasteiger partial charge in [0.15, 0.2) is 6.29 Å². The number of aromatic hydroxyl groups is 1. The number of hydrogen-bond donors (Lipinski definition) is 5. The largest absolute Gasteiger partial charge is 0.508 e. The third kappa shape index (κ3) is 3.53. The van der Waals surface area contributed by atoms with Crippen LogP contribution >= 0.6 is 0 Å². The monoisotopic (exact) mass is 312 g/mol. The van der Waals surface area contributed by atoms with Crippen molar-refractivity contribution >= 4 is 10.9 Å². The number of phenolic OH excluding ortho intramolecular Hbond substituents is 1. The minimum Gasteiger partial charge on any atom is -0.508 e. The molecule has 0 bridgehead atoms. The number of fused-ring (bicyclic) bond motifs is 1. The first-order valence-electron chi connectivity index (χ1n) is 7.56. The number of hydrogen-bond acceptors (Lipinski definition) is 4. The average Bonchev–Trinajstić information content (AvgIpc) is 2.95. The van der Waals surface area contributed by atoms with Crippen LogP contribution in [0.25, 0.3) is 10.9 Å². The molecule has 0 aliphatic rings. The van der Waals surface area contributed by atoms with E-state index in [1.54, 1.807) is 18.2 Å². The highest BCUT2D eigenvalue weighted by Gasteiger charge is 2.19. The van der Waals surface area contributed by atoms with Crippen LogP contribution in [0.4, 0.5) is 0 Å². The Kier molecular flexibility index (Phi) is 4.62. The van der Waals surface area contributed by atoms with Gasteiger partial charge in [0.25, 0.3) is 0 Å². The fourth-order valence-electron chi connectivity index (χ4n) is 2.72. The molecule has 0 amide bonds. The molecule has 1 unspecified atom stereocenters. The first-order chi connectivity index (χ1) is 11.1. The third-order valence-electron chi connectivity index (χ3n) is 4.02. The Hall–Kier alpha value is -2.34. The molecule has 0 spiro atoms. The molecule has 1 atom stereocenters. The van der Waals surface area contributed by atoms with Crippen molar-refractivity contribution in [2.45, 2.75) is 25.3 Å². The molecule has 0 radical (unpaired) electrons. The van der Waals surface area contributed by atoms with Crippen molar-refractivity contribution in [2.75, 3.05) is 0 Å². The van der Waals surface area contributed by atoms with Crippen molar-refractivity contribution in [3.05, 3.63) is 65.9 Å². The second-order valence-electron chi connectivity index (χ2n) is 5.59. The molecule has 0 saturated carbocycles. The van der Waals surface area contributed by atoms with Crippen LogP contribution < -0.4 is 5.32 Å². The predicted molar refractivity (Wildman–Crippen MR) is 89.0 cm³/mol. The van der Waals surface area contributed by atoms with Crippen LogP contribution in [-0.2, 0) is 13.0 Å². The summed E-state index contributed by atoms with van der Waals surface area (Å²) in [6, 6.07) is 14.4. The van der Waals surface area contributed by atoms with Gasteiger partial charge in [0.1, 0.15) is 5.75 Å². The number of aromatic nitrogens is 1. The molecule has 1 heterocycles. The summed E-state index contributed by atoms with van der Waals surface area (Å²) in [4.78, 5) is 3.18. The van der Waals surface area contributed by atoms with Crippen LogP contribution in [-0.4, -0.2) is 32.6 Å². The van der Waals surface area contributed by atoms with E-state index >= 15 is 0 Å². The van der Waals surface area contributed by atoms with E-state index in [0.717, 1.165) is 22.0 Å². The summed E-state index contributed by atoms with van der Waals surface area (Å²) in [7, 11) is 0. The molecule has 5 nitrogen and oxygen atoms in total. The number of phenols is 1. The molecular formula is C18H20N2O3. The molecule has 3 rings (SSSR count). The van der Waals surface area contributed by atoms with Crippen LogP contribution in [0.1, 0.15) is 11.1 Å². The second kappa shape index (κ2) is 6.83. The molecule has 1 aromatic heterocycles. The topological polar surface area (TPSA) is 88.5 Å². The van der Waals surface area contributed by atoms with Gasteiger partial charge in [0, 0.05) is 29.2 Å². The molecule has 0 aliphatic carbocycles. The van der Waals surface area contributed by atoms with E-state index in [1.165, 1.54) is 0 Å². The quantitative estimate of drug-likeness (QED) is 0.450. The smallest absolute Gasteiger partial charge is 0.167 e. The Morgan fingerprint density at radius 1 is 0.957 bits per heavy atom. The molecule has 0 fully saturated rings. The van der Waals surface area contributed by atoms with Gasteiger partial charge < -0.3 is 25.6 Å². The van der Waals surface area contributed by atoms with Gasteiger partial charge in [0.05, 0.1) is 6.04 Å². The molecule has 5 N–H and O–H groups in total. The van der Waals surface area contributed by atoms with E-state index < -0.39 is 12.3 Å². The van der Waals surface area contributed by atoms with Crippen molar-refractivity contribution < 1.29 is 15.3 Å². The maximum absolute atomic E-state index is 9.79. The van der Waals surface area contributed by atoms with E-state index in [9.17, 15) is 15.3 Å². The van der Waals surface area contributed by atoms with Gasteiger partial charge >= 0.3 is 0 Å². The minimum absolute atomic E-state index is 0.193. The number of rotatable bonds is 6. The van der Waals surface area contributed by atoms with Gasteiger partial charge in [0.2, 0.25) is 0 Å². The highest BCUT2D eigenvalue weighted by molar-refractivity contribution is 5.83. The Labute approximate surface area is 134 Å². The van der Waals surface area contributed by atoms with Crippen molar-refractivity contribution in [1.82, 2.24) is 10.3 Å². The zero-order valence-corrected chi connectivity index (χ0v) is 12.6. The number of para-hydroxylation sites is 2. The van der Waals surface area contributed by atoms with Crippen molar-refractivity contribution in [2.24, 2.45) is 0 Å². The van der Waals surface area contributed by atoms with Crippen molar-refractivity contribution in [3.63, 3.8) is 0 Å². The summed E-state index contributed by atoms with van der Waals surface area (Å²) in [6.07, 6.45) is 0.867. The molecule has 5 heteroatoms. The standard InChI is InChI=1S/C18H20N2O3/c21-17-8-4-1-5-12(17)10-20-16(18(22)23)9-13-11-19-15-7-3-2-6-14(13)15/h1-8,11,16,18-23H,9-10H2. The summed E-state index contributed by atoms with van der Waals surface area (Å²) in [5.41, 5.74) is 2.76. The lowest BCUT2D eigenvalue weighted by Gasteiger charge is -2.20. The van der Waals surface area contributed by atoms with Crippen molar-refractivity contribution in [3.8, 4) is 5.75 Å². The summed E-state index contributed by atoms with van der Waals surface area (Å²) in [5, 5.41) is 33.3. The Bertz CT molecular complexity index is 783. The van der Waals surface area contributed by atoms with Gasteiger partial charge in [-0.15, -0.1) is 0 Å². The Morgan fingerprint density at radius 2 is 1.70 bits per heavy atom. The highest BCUT2D eigenvalue weighted by Crippen LogP contribution is 2.20. The lowest BCUT2D eigenvalue weighted by molar-refractivity contribution is -0.0671. The highest BCUT2D eigenvalue weighted by atomic mass is 16.5. The maximum Gasteiger partial charge on any atom is 0.167 e. The van der Waals surface area contributed by atoms with Gasteiger partial charge in [-0.1, -0.05) is 36.4 Å². The van der Waals surface area contributed by atoms with E-state index in [0.29, 0.717) is 13.0 Å². The number of nitrogens with one attached hydrogen (secondary N) is 2. The van der Waals surface area contributed by atoms with Gasteiger partial charge in [-0.25, -0.2) is 0 Å². The molecular weight excluding hydrogens is 292 g/mol. The Balaban J connectivity index is 1.73. The maximum atomic E-state index is 9.79. The summed E-state index contributed by atoms with van der Waals surface area (Å²) in [5.74, 6) is 0.193. The van der Waals surface area contributed by atoms with Crippen LogP contribution in [0.15, 0.2) is 54.7 Å². The van der Waals surface area contributed by atoms with E-state index in [-0.39, 0.29) is 5.75 Å². The van der Waals surface area contributed by atoms with E-state index in [2.05, 4.69) is 10.3 Å². The first kappa shape index (κ1) is 15.6. The molecule has 120 valence electrons. The summed E-state index contributed by atoms with van der Waals surface area (Å²) < 4.78 is 0. The third-order valence-corrected chi connectivity index (χ3v) is 4.02. The van der Waals surface area contributed by atoms with Crippen LogP contribution in [0.3, 0.4) is 0 Å². The molecule has 3 aromatic rings. The van der Waals surface area contributed by atoms with Crippen molar-refractivity contribution in [1.29, 1.82) is 0 Å². The lowest BCUT2D eigenvalue weighted by Crippen LogP contribution is -2.41. The number of aliphatic hydroxyl groups excluding tert-OH is 1. The number of aromatic amines is 1. The lowest BCUT2D eigenvalue weighted by atomic mass is 10.0. The summed E-state index contributed by atoms with van der Waals surface area (Å²) in [6.45, 7) is 0.358. The first-order valence-corrected chi connectivity index (χ1v) is 7.56. The normalized spacial score (nSPS) is 12.8. The zero-order chi connectivity index (χ0) is 16.2. The predicted octanol–water partition coefficient (Wildman–Crippen LogP) is 1.89. The molecule has 0 saturated heterocycles. The van der Waals surface area contributed by atoms with Crippen LogP contribution in [0, 0.1) is 0 Å². The van der Waals surface area contributed by atoms with Gasteiger partial charge in [-0.3, -0.25) is 0 Å². The number of benzene rings is 2. The molecule has 23 heavy (non-hydrogen) atoms. The number of aliphatic hydroxyl groups is 2. The van der Waals surface area contributed by atoms with E-state index in [4.69, 9.17) is 0 Å². The zero-order valence-electron chi connectivity index (χ0n) is 12.6. The fourth-order valence-corrected chi connectivity index (χ4v) is 2.72. The SMILES string of the molecule is Oc1ccccc1CNC(Cc1c[nH]c2ccccc12)C(O)O. The minimum atomic E-state index is -1.49. The summed E-state index contributed by atoms with van der Waals surface area (Å²) >= 11 is 0. The van der Waals surface area contributed by atoms with Gasteiger partial charge in [-0.05, 0) is 24.1 Å². The van der Waals surface area contributed by atoms with E-state index in [1.807, 2.05) is 36.5 Å². The average molecular weight is 312 g/mol. The fraction of sp³-hybridized carbons (Fsp3) is 0.222. The second-order valence-corrected chi connectivity index (χ2v) is 5.59. The molecule has 0 aliphatic heterocycles. The van der Waals surface area contributed by atoms with Crippen LogP contribution in [0.5, 0.6) is 5.75 Å². The number of H-pyrrole nitrogens is 1. The Morgan fingerprint density at radius 3 is 2.48 bits per heavy atom. The molecule has 2 aromatic carbocycles. The van der Waals surface area contributed by atoms with Gasteiger partial charge in [-0.2, -0.15) is 0 Å². The van der Waals surface area contributed by atoms with Crippen LogP contribution in [0.2, 0.25) is 0 Å².